The van der Waals surface area contributed by atoms with Crippen molar-refractivity contribution in [2.45, 2.75) is 12.4 Å². The molecule has 2 aliphatic rings. The Labute approximate surface area is 260 Å². The first kappa shape index (κ1) is 31.5. The predicted octanol–water partition coefficient (Wildman–Crippen LogP) is 8.36. The molecule has 0 aliphatic heterocycles. The van der Waals surface area contributed by atoms with E-state index in [-0.39, 0.29) is 34.4 Å². The smallest absolute Gasteiger partial charge is 0.206 e. The molecular weight excluding hydrogens is 625 g/mol. The summed E-state index contributed by atoms with van der Waals surface area (Å²) in [5.41, 5.74) is -10.3. The van der Waals surface area contributed by atoms with Crippen molar-refractivity contribution in [3.05, 3.63) is 116 Å². The summed E-state index contributed by atoms with van der Waals surface area (Å²) < 4.78 is 99.2. The fourth-order valence-electron chi connectivity index (χ4n) is 5.68. The Kier molecular flexibility index (Phi) is 7.51. The summed E-state index contributed by atoms with van der Waals surface area (Å²) in [5, 5.41) is 59.6. The number of allylic oxidation sites excluding steroid dienone is 8. The molecular formula is C34H9F7N6. The van der Waals surface area contributed by atoms with Crippen LogP contribution in [0.2, 0.25) is 0 Å². The number of fused-ring (bicyclic) bond motifs is 2. The normalized spacial score (nSPS) is 13.5. The largest absolute Gasteiger partial charge is 0.417 e. The molecule has 47 heavy (non-hydrogen) atoms. The van der Waals surface area contributed by atoms with Crippen LogP contribution in [-0.4, -0.2) is 0 Å². The van der Waals surface area contributed by atoms with E-state index in [9.17, 15) is 57.9 Å². The number of halogens is 7. The molecule has 0 bridgehead atoms. The molecule has 2 aliphatic carbocycles. The maximum atomic E-state index is 16.9. The summed E-state index contributed by atoms with van der Waals surface area (Å²) in [5.74, 6) is -1.32. The van der Waals surface area contributed by atoms with Gasteiger partial charge in [-0.15, -0.1) is 0 Å². The van der Waals surface area contributed by atoms with Crippen LogP contribution in [0.5, 0.6) is 0 Å². The monoisotopic (exact) mass is 634 g/mol. The zero-order chi connectivity index (χ0) is 34.4. The molecule has 0 fully saturated rings. The molecule has 6 nitrogen and oxygen atoms in total. The Morgan fingerprint density at radius 2 is 1.06 bits per heavy atom. The van der Waals surface area contributed by atoms with Crippen molar-refractivity contribution in [2.24, 2.45) is 0 Å². The maximum absolute atomic E-state index is 16.9. The molecule has 0 heterocycles. The highest BCUT2D eigenvalue weighted by Gasteiger charge is 2.45. The number of hydrogen-bond acceptors (Lipinski definition) is 6. The maximum Gasteiger partial charge on any atom is 0.417 e. The van der Waals surface area contributed by atoms with E-state index >= 15 is 4.39 Å². The Bertz CT molecular complexity index is 2300. The molecule has 0 unspecified atom stereocenters. The molecule has 0 spiro atoms. The molecule has 0 saturated carbocycles. The van der Waals surface area contributed by atoms with Crippen LogP contribution < -0.4 is 0 Å². The Morgan fingerprint density at radius 3 is 1.57 bits per heavy atom. The van der Waals surface area contributed by atoms with Crippen LogP contribution in [0.15, 0.2) is 65.7 Å². The minimum Gasteiger partial charge on any atom is -0.206 e. The Balaban J connectivity index is 1.96. The van der Waals surface area contributed by atoms with Gasteiger partial charge in [-0.2, -0.15) is 57.9 Å². The van der Waals surface area contributed by atoms with Gasteiger partial charge in [0.25, 0.3) is 0 Å². The van der Waals surface area contributed by atoms with Crippen LogP contribution in [0, 0.1) is 73.8 Å². The summed E-state index contributed by atoms with van der Waals surface area (Å²) in [6.07, 6.45) is -11.0. The number of nitrogens with zero attached hydrogens (tertiary/aromatic N) is 6. The van der Waals surface area contributed by atoms with Gasteiger partial charge in [0.15, 0.2) is 0 Å². The van der Waals surface area contributed by atoms with Gasteiger partial charge < -0.3 is 0 Å². The van der Waals surface area contributed by atoms with Gasteiger partial charge in [0.2, 0.25) is 0 Å². The highest BCUT2D eigenvalue weighted by molar-refractivity contribution is 6.30. The SMILES string of the molecule is N#CC(C#N)=C1C(c2ccccc2)=C(C#N)c2c1cc1c(c2F)C(=C(C#N)C#N)C(c2ccc(C(F)(F)F)c(C(F)(F)F)c2)=C1C#N. The van der Waals surface area contributed by atoms with E-state index < -0.39 is 79.4 Å². The van der Waals surface area contributed by atoms with Gasteiger partial charge in [0, 0.05) is 39.0 Å². The average Bonchev–Trinajstić information content (AvgIpc) is 3.55. The highest BCUT2D eigenvalue weighted by atomic mass is 19.4. The molecule has 13 heteroatoms. The molecule has 224 valence electrons. The van der Waals surface area contributed by atoms with Gasteiger partial charge in [-0.25, -0.2) is 4.39 Å². The second-order valence-corrected chi connectivity index (χ2v) is 9.83. The van der Waals surface area contributed by atoms with E-state index in [0.29, 0.717) is 11.6 Å². The van der Waals surface area contributed by atoms with Crippen LogP contribution in [0.3, 0.4) is 0 Å². The van der Waals surface area contributed by atoms with Gasteiger partial charge in [-0.05, 0) is 34.9 Å². The number of alkyl halides is 6. The minimum atomic E-state index is -5.55. The highest BCUT2D eigenvalue weighted by Crippen LogP contribution is 2.56. The van der Waals surface area contributed by atoms with Gasteiger partial charge >= 0.3 is 12.4 Å². The van der Waals surface area contributed by atoms with Crippen molar-refractivity contribution < 1.29 is 30.7 Å². The van der Waals surface area contributed by atoms with Crippen molar-refractivity contribution in [3.8, 4) is 36.4 Å². The lowest BCUT2D eigenvalue weighted by atomic mass is 9.89. The molecule has 0 saturated heterocycles. The second kappa shape index (κ2) is 11.2. The first-order valence-corrected chi connectivity index (χ1v) is 12.9. The number of rotatable bonds is 2. The molecule has 3 aromatic carbocycles. The summed E-state index contributed by atoms with van der Waals surface area (Å²) >= 11 is 0. The summed E-state index contributed by atoms with van der Waals surface area (Å²) in [7, 11) is 0. The Hall–Kier alpha value is -6.93. The van der Waals surface area contributed by atoms with E-state index in [4.69, 9.17) is 0 Å². The number of nitriles is 6. The van der Waals surface area contributed by atoms with E-state index in [0.717, 1.165) is 6.07 Å². The van der Waals surface area contributed by atoms with Crippen LogP contribution in [0.4, 0.5) is 30.7 Å². The van der Waals surface area contributed by atoms with E-state index in [1.54, 1.807) is 36.4 Å². The number of benzene rings is 3. The van der Waals surface area contributed by atoms with E-state index in [2.05, 4.69) is 0 Å². The predicted molar refractivity (Wildman–Crippen MR) is 150 cm³/mol. The summed E-state index contributed by atoms with van der Waals surface area (Å²) in [4.78, 5) is 0. The summed E-state index contributed by atoms with van der Waals surface area (Å²) in [6, 6.07) is 19.6. The fourth-order valence-corrected chi connectivity index (χ4v) is 5.68. The quantitative estimate of drug-likeness (QED) is 0.205. The van der Waals surface area contributed by atoms with Crippen LogP contribution >= 0.6 is 0 Å². The average molecular weight is 634 g/mol. The topological polar surface area (TPSA) is 143 Å². The molecule has 0 atom stereocenters. The lowest BCUT2D eigenvalue weighted by molar-refractivity contribution is -0.162. The molecule has 0 radical (unpaired) electrons. The third-order valence-electron chi connectivity index (χ3n) is 7.46. The molecule has 0 aromatic heterocycles. The Morgan fingerprint density at radius 1 is 0.532 bits per heavy atom. The van der Waals surface area contributed by atoms with Gasteiger partial charge in [0.05, 0.1) is 22.3 Å². The van der Waals surface area contributed by atoms with Crippen LogP contribution in [0.1, 0.15) is 44.5 Å². The van der Waals surface area contributed by atoms with Crippen molar-refractivity contribution in [1.29, 1.82) is 31.6 Å². The molecule has 0 amide bonds. The molecule has 5 rings (SSSR count). The van der Waals surface area contributed by atoms with Gasteiger partial charge in [-0.1, -0.05) is 36.4 Å². The van der Waals surface area contributed by atoms with Crippen LogP contribution in [-0.2, 0) is 12.4 Å². The van der Waals surface area contributed by atoms with Crippen molar-refractivity contribution in [2.75, 3.05) is 0 Å². The first-order valence-electron chi connectivity index (χ1n) is 12.9. The van der Waals surface area contributed by atoms with Crippen LogP contribution in [0.25, 0.3) is 33.4 Å². The van der Waals surface area contributed by atoms with Gasteiger partial charge in [0.1, 0.15) is 53.4 Å². The lowest BCUT2D eigenvalue weighted by Crippen LogP contribution is -2.16. The minimum absolute atomic E-state index is 0.0182. The zero-order valence-corrected chi connectivity index (χ0v) is 23.0. The van der Waals surface area contributed by atoms with Gasteiger partial charge in [-0.3, -0.25) is 0 Å². The standard InChI is InChI=1S/C34H9F7N6/c35-32-30-21(28(18(10-42)11-43)26(23(30)15-47)16-4-2-1-3-5-16)9-20-22(14-46)27(29(31(20)32)19(12-44)13-45)17-6-7-24(33(36,37)38)25(8-17)34(39,40)41/h1-9H. The fraction of sp³-hybridized carbons (Fsp3) is 0.0588. The number of hydrogen-bond donors (Lipinski definition) is 0. The van der Waals surface area contributed by atoms with Crippen molar-refractivity contribution in [1.82, 2.24) is 0 Å². The first-order chi connectivity index (χ1) is 22.3. The van der Waals surface area contributed by atoms with E-state index in [1.807, 2.05) is 6.07 Å². The third kappa shape index (κ3) is 4.77. The second-order valence-electron chi connectivity index (χ2n) is 9.83. The summed E-state index contributed by atoms with van der Waals surface area (Å²) in [6.45, 7) is 0. The molecule has 0 N–H and O–H groups in total. The third-order valence-corrected chi connectivity index (χ3v) is 7.46. The van der Waals surface area contributed by atoms with Crippen molar-refractivity contribution >= 4 is 33.4 Å². The van der Waals surface area contributed by atoms with E-state index in [1.165, 1.54) is 24.3 Å². The van der Waals surface area contributed by atoms with Crippen molar-refractivity contribution in [3.63, 3.8) is 0 Å². The lowest BCUT2D eigenvalue weighted by Gasteiger charge is -2.18. The molecule has 3 aromatic rings. The zero-order valence-electron chi connectivity index (χ0n) is 23.0.